The molecule has 0 N–H and O–H groups in total. The van der Waals surface area contributed by atoms with Crippen LogP contribution in [0.25, 0.3) is 27.6 Å². The Hall–Kier alpha value is -2.99. The average molecular weight is 587 g/mol. The van der Waals surface area contributed by atoms with E-state index < -0.39 is 15.7 Å². The number of fused-ring (bicyclic) bond motifs is 2. The molecule has 2 fully saturated rings. The fraction of sp³-hybridized carbons (Fsp3) is 0.400. The Balaban J connectivity index is 1.22. The molecular formula is C25H24BrFN6O3S. The highest BCUT2D eigenvalue weighted by molar-refractivity contribution is 9.10. The molecule has 1 aliphatic carbocycles. The minimum absolute atomic E-state index is 0.0452. The molecule has 3 aromatic heterocycles. The maximum Gasteiger partial charge on any atom is 0.225 e. The van der Waals surface area contributed by atoms with Crippen LogP contribution in [-0.2, 0) is 21.1 Å². The first-order valence-corrected chi connectivity index (χ1v) is 14.8. The lowest BCUT2D eigenvalue weighted by atomic mass is 10.0. The van der Waals surface area contributed by atoms with E-state index in [0.29, 0.717) is 39.1 Å². The summed E-state index contributed by atoms with van der Waals surface area (Å²) in [4.78, 5) is 28.1. The van der Waals surface area contributed by atoms with Crippen LogP contribution in [0.4, 0.5) is 4.39 Å². The van der Waals surface area contributed by atoms with Gasteiger partial charge in [-0.15, -0.1) is 0 Å². The van der Waals surface area contributed by atoms with Crippen molar-refractivity contribution in [2.75, 3.05) is 24.6 Å². The van der Waals surface area contributed by atoms with Crippen molar-refractivity contribution in [1.82, 2.24) is 29.6 Å². The van der Waals surface area contributed by atoms with Crippen molar-refractivity contribution in [2.45, 2.75) is 25.7 Å². The first-order valence-electron chi connectivity index (χ1n) is 12.2. The van der Waals surface area contributed by atoms with Gasteiger partial charge >= 0.3 is 0 Å². The molecule has 1 saturated carbocycles. The average Bonchev–Trinajstić information content (AvgIpc) is 3.48. The van der Waals surface area contributed by atoms with Crippen LogP contribution in [0.3, 0.4) is 0 Å². The maximum absolute atomic E-state index is 14.8. The van der Waals surface area contributed by atoms with Gasteiger partial charge in [-0.1, -0.05) is 6.07 Å². The summed E-state index contributed by atoms with van der Waals surface area (Å²) in [7, 11) is -3.02. The molecule has 1 aromatic carbocycles. The number of nitrogens with zero attached hydrogens (tertiary/aromatic N) is 6. The van der Waals surface area contributed by atoms with E-state index in [1.54, 1.807) is 34.1 Å². The molecule has 0 unspecified atom stereocenters. The molecular weight excluding hydrogens is 563 g/mol. The van der Waals surface area contributed by atoms with Crippen LogP contribution >= 0.6 is 15.9 Å². The summed E-state index contributed by atoms with van der Waals surface area (Å²) in [5, 5.41) is 5.91. The molecule has 1 aliphatic heterocycles. The lowest BCUT2D eigenvalue weighted by Gasteiger charge is -2.29. The highest BCUT2D eigenvalue weighted by Gasteiger charge is 2.35. The molecule has 0 radical (unpaired) electrons. The number of rotatable bonds is 4. The number of aromatic nitrogens is 5. The lowest BCUT2D eigenvalue weighted by Crippen LogP contribution is -2.45. The van der Waals surface area contributed by atoms with E-state index in [4.69, 9.17) is 4.98 Å². The number of carbonyl (C=O) groups excluding carboxylic acids is 1. The molecule has 6 rings (SSSR count). The minimum Gasteiger partial charge on any atom is -0.340 e. The van der Waals surface area contributed by atoms with Crippen LogP contribution in [-0.4, -0.2) is 68.6 Å². The van der Waals surface area contributed by atoms with Gasteiger partial charge in [-0.2, -0.15) is 5.10 Å². The monoisotopic (exact) mass is 586 g/mol. The SMILES string of the molecule is O=C([C@@H]1CC[C@@H](Cc2ncc3c(Br)nn(-c4cc(F)c5ncccc5c4)c3n2)C1)N1CCS(=O)(=O)CC1. The fourth-order valence-electron chi connectivity index (χ4n) is 5.37. The third kappa shape index (κ3) is 4.72. The van der Waals surface area contributed by atoms with Crippen LogP contribution in [0.15, 0.2) is 41.3 Å². The van der Waals surface area contributed by atoms with E-state index in [2.05, 4.69) is 31.0 Å². The van der Waals surface area contributed by atoms with E-state index in [1.165, 1.54) is 6.07 Å². The zero-order chi connectivity index (χ0) is 25.7. The Morgan fingerprint density at radius 2 is 1.97 bits per heavy atom. The predicted molar refractivity (Wildman–Crippen MR) is 139 cm³/mol. The quantitative estimate of drug-likeness (QED) is 0.360. The first-order chi connectivity index (χ1) is 17.8. The fourth-order valence-corrected chi connectivity index (χ4v) is 7.01. The number of halogens is 2. The Morgan fingerprint density at radius 3 is 2.78 bits per heavy atom. The van der Waals surface area contributed by atoms with Crippen molar-refractivity contribution in [2.24, 2.45) is 11.8 Å². The van der Waals surface area contributed by atoms with E-state index in [0.717, 1.165) is 24.6 Å². The van der Waals surface area contributed by atoms with Gasteiger partial charge in [0.1, 0.15) is 15.9 Å². The molecule has 37 heavy (non-hydrogen) atoms. The van der Waals surface area contributed by atoms with Gasteiger partial charge in [0.15, 0.2) is 21.3 Å². The molecule has 9 nitrogen and oxygen atoms in total. The van der Waals surface area contributed by atoms with Gasteiger partial charge in [0.2, 0.25) is 5.91 Å². The molecule has 4 aromatic rings. The lowest BCUT2D eigenvalue weighted by molar-refractivity contribution is -0.135. The number of sulfone groups is 1. The zero-order valence-corrected chi connectivity index (χ0v) is 22.3. The van der Waals surface area contributed by atoms with Gasteiger partial charge in [0, 0.05) is 49.3 Å². The predicted octanol–water partition coefficient (Wildman–Crippen LogP) is 3.48. The third-order valence-electron chi connectivity index (χ3n) is 7.33. The smallest absolute Gasteiger partial charge is 0.225 e. The number of carbonyl (C=O) groups is 1. The number of benzene rings is 1. The first kappa shape index (κ1) is 24.4. The Bertz CT molecular complexity index is 1630. The van der Waals surface area contributed by atoms with Crippen LogP contribution in [0.2, 0.25) is 0 Å². The van der Waals surface area contributed by atoms with Crippen LogP contribution < -0.4 is 0 Å². The number of hydrogen-bond acceptors (Lipinski definition) is 7. The Kier molecular flexibility index (Phi) is 6.18. The second-order valence-corrected chi connectivity index (χ2v) is 12.8. The van der Waals surface area contributed by atoms with Gasteiger partial charge in [-0.05, 0) is 53.2 Å². The second-order valence-electron chi connectivity index (χ2n) is 9.79. The van der Waals surface area contributed by atoms with Gasteiger partial charge in [0.25, 0.3) is 0 Å². The molecule has 2 atom stereocenters. The summed E-state index contributed by atoms with van der Waals surface area (Å²) < 4.78 is 40.3. The Morgan fingerprint density at radius 1 is 1.16 bits per heavy atom. The molecule has 1 saturated heterocycles. The third-order valence-corrected chi connectivity index (χ3v) is 9.53. The van der Waals surface area contributed by atoms with E-state index in [1.807, 2.05) is 6.07 Å². The van der Waals surface area contributed by atoms with E-state index in [9.17, 15) is 17.6 Å². The zero-order valence-electron chi connectivity index (χ0n) is 19.8. The number of pyridine rings is 1. The minimum atomic E-state index is -3.02. The van der Waals surface area contributed by atoms with Crippen molar-refractivity contribution in [3.8, 4) is 5.69 Å². The van der Waals surface area contributed by atoms with Crippen molar-refractivity contribution in [1.29, 1.82) is 0 Å². The van der Waals surface area contributed by atoms with Crippen LogP contribution in [0, 0.1) is 17.7 Å². The van der Waals surface area contributed by atoms with Gasteiger partial charge in [0.05, 0.1) is 22.6 Å². The van der Waals surface area contributed by atoms with Crippen molar-refractivity contribution >= 4 is 53.6 Å². The van der Waals surface area contributed by atoms with Crippen molar-refractivity contribution < 1.29 is 17.6 Å². The van der Waals surface area contributed by atoms with E-state index in [-0.39, 0.29) is 42.3 Å². The molecule has 4 heterocycles. The topological polar surface area (TPSA) is 111 Å². The molecule has 0 spiro atoms. The summed E-state index contributed by atoms with van der Waals surface area (Å²) in [6, 6.07) is 6.78. The van der Waals surface area contributed by atoms with Gasteiger partial charge in [-0.3, -0.25) is 9.78 Å². The molecule has 12 heteroatoms. The van der Waals surface area contributed by atoms with Crippen molar-refractivity contribution in [3.05, 3.63) is 52.9 Å². The highest BCUT2D eigenvalue weighted by atomic mass is 79.9. The van der Waals surface area contributed by atoms with Crippen molar-refractivity contribution in [3.63, 3.8) is 0 Å². The van der Waals surface area contributed by atoms with Gasteiger partial charge < -0.3 is 4.90 Å². The normalized spacial score (nSPS) is 21.6. The standard InChI is InChI=1S/C25H24BrFN6O3S/c26-23-19-14-29-21(11-15-3-4-17(10-15)25(34)32-6-8-37(35,36)9-7-32)30-24(19)33(31-23)18-12-16-2-1-5-28-22(16)20(27)13-18/h1-2,5,12-15,17H,3-4,6-11H2/t15-,17-/m1/s1. The summed E-state index contributed by atoms with van der Waals surface area (Å²) in [6.45, 7) is 0.568. The molecule has 0 bridgehead atoms. The second kappa shape index (κ2) is 9.39. The molecule has 1 amide bonds. The summed E-state index contributed by atoms with van der Waals surface area (Å²) >= 11 is 3.47. The largest absolute Gasteiger partial charge is 0.340 e. The number of hydrogen-bond donors (Lipinski definition) is 0. The maximum atomic E-state index is 14.8. The van der Waals surface area contributed by atoms with Gasteiger partial charge in [-0.25, -0.2) is 27.5 Å². The van der Waals surface area contributed by atoms with E-state index >= 15 is 0 Å². The van der Waals surface area contributed by atoms with Crippen LogP contribution in [0.5, 0.6) is 0 Å². The number of amides is 1. The highest BCUT2D eigenvalue weighted by Crippen LogP contribution is 2.35. The summed E-state index contributed by atoms with van der Waals surface area (Å²) in [6.07, 6.45) is 6.29. The van der Waals surface area contributed by atoms with Crippen LogP contribution in [0.1, 0.15) is 25.1 Å². The molecule has 2 aliphatic rings. The summed E-state index contributed by atoms with van der Waals surface area (Å²) in [5.74, 6) is 0.519. The summed E-state index contributed by atoms with van der Waals surface area (Å²) in [5.41, 5.74) is 1.40. The Labute approximate surface area is 221 Å². The molecule has 192 valence electrons.